The Bertz CT molecular complexity index is 326. The summed E-state index contributed by atoms with van der Waals surface area (Å²) in [5.41, 5.74) is 7.81. The zero-order chi connectivity index (χ0) is 12.0. The van der Waals surface area contributed by atoms with Crippen molar-refractivity contribution in [2.45, 2.75) is 45.7 Å². The summed E-state index contributed by atoms with van der Waals surface area (Å²) in [7, 11) is 0. The van der Waals surface area contributed by atoms with Gasteiger partial charge in [0.1, 0.15) is 0 Å². The summed E-state index contributed by atoms with van der Waals surface area (Å²) in [5.74, 6) is 0. The summed E-state index contributed by atoms with van der Waals surface area (Å²) in [6, 6.07) is 6.67. The predicted octanol–water partition coefficient (Wildman–Crippen LogP) is 3.70. The second-order valence-electron chi connectivity index (χ2n) is 4.28. The van der Waals surface area contributed by atoms with E-state index in [0.717, 1.165) is 16.7 Å². The largest absolute Gasteiger partial charge is 0.398 e. The third-order valence-electron chi connectivity index (χ3n) is 2.71. The van der Waals surface area contributed by atoms with Crippen molar-refractivity contribution in [1.82, 2.24) is 5.32 Å². The highest BCUT2D eigenvalue weighted by Gasteiger charge is 2.02. The highest BCUT2D eigenvalue weighted by atomic mass is 79.9. The fourth-order valence-corrected chi connectivity index (χ4v) is 2.01. The molecule has 0 radical (unpaired) electrons. The summed E-state index contributed by atoms with van der Waals surface area (Å²) in [5, 5.41) is 3.52. The van der Waals surface area contributed by atoms with Crippen LogP contribution in [0.15, 0.2) is 22.7 Å². The van der Waals surface area contributed by atoms with Crippen LogP contribution in [0.4, 0.5) is 5.69 Å². The van der Waals surface area contributed by atoms with Gasteiger partial charge in [-0.2, -0.15) is 0 Å². The van der Waals surface area contributed by atoms with Gasteiger partial charge in [0, 0.05) is 22.7 Å². The number of nitrogens with two attached hydrogens (primary N) is 1. The molecule has 3 heteroatoms. The van der Waals surface area contributed by atoms with Crippen molar-refractivity contribution in [3.63, 3.8) is 0 Å². The molecule has 90 valence electrons. The minimum Gasteiger partial charge on any atom is -0.398 e. The molecule has 0 spiro atoms. The standard InChI is InChI=1S/C13H21BrN2/c1-3-4-5-10(2)16-9-11-6-7-13(15)12(14)8-11/h6-8,10,16H,3-5,9,15H2,1-2H3. The maximum Gasteiger partial charge on any atom is 0.0458 e. The van der Waals surface area contributed by atoms with Gasteiger partial charge >= 0.3 is 0 Å². The topological polar surface area (TPSA) is 38.0 Å². The molecule has 0 heterocycles. The molecule has 1 aromatic carbocycles. The fraction of sp³-hybridized carbons (Fsp3) is 0.538. The van der Waals surface area contributed by atoms with Crippen molar-refractivity contribution >= 4 is 21.6 Å². The van der Waals surface area contributed by atoms with Crippen LogP contribution in [0.1, 0.15) is 38.7 Å². The zero-order valence-corrected chi connectivity index (χ0v) is 11.7. The summed E-state index contributed by atoms with van der Waals surface area (Å²) >= 11 is 3.44. The van der Waals surface area contributed by atoms with E-state index in [1.807, 2.05) is 6.07 Å². The van der Waals surface area contributed by atoms with E-state index in [-0.39, 0.29) is 0 Å². The molecule has 0 bridgehead atoms. The van der Waals surface area contributed by atoms with E-state index in [1.165, 1.54) is 24.8 Å². The second kappa shape index (κ2) is 6.92. The molecule has 0 aliphatic carbocycles. The second-order valence-corrected chi connectivity index (χ2v) is 5.13. The van der Waals surface area contributed by atoms with Crippen molar-refractivity contribution in [1.29, 1.82) is 0 Å². The van der Waals surface area contributed by atoms with Crippen LogP contribution in [-0.4, -0.2) is 6.04 Å². The Balaban J connectivity index is 2.39. The van der Waals surface area contributed by atoms with E-state index in [2.05, 4.69) is 47.2 Å². The van der Waals surface area contributed by atoms with Crippen molar-refractivity contribution in [3.8, 4) is 0 Å². The van der Waals surface area contributed by atoms with E-state index in [0.29, 0.717) is 6.04 Å². The van der Waals surface area contributed by atoms with Gasteiger partial charge in [0.25, 0.3) is 0 Å². The van der Waals surface area contributed by atoms with Gasteiger partial charge in [0.15, 0.2) is 0 Å². The molecule has 0 amide bonds. The van der Waals surface area contributed by atoms with Crippen molar-refractivity contribution in [2.24, 2.45) is 0 Å². The molecule has 1 aromatic rings. The minimum absolute atomic E-state index is 0.580. The molecule has 1 atom stereocenters. The molecular formula is C13H21BrN2. The Morgan fingerprint density at radius 2 is 2.19 bits per heavy atom. The summed E-state index contributed by atoms with van der Waals surface area (Å²) in [6.45, 7) is 5.37. The minimum atomic E-state index is 0.580. The Morgan fingerprint density at radius 1 is 1.44 bits per heavy atom. The molecule has 0 aromatic heterocycles. The summed E-state index contributed by atoms with van der Waals surface area (Å²) < 4.78 is 0.980. The molecule has 3 N–H and O–H groups in total. The van der Waals surface area contributed by atoms with Gasteiger partial charge in [-0.15, -0.1) is 0 Å². The molecule has 2 nitrogen and oxygen atoms in total. The lowest BCUT2D eigenvalue weighted by atomic mass is 10.1. The van der Waals surface area contributed by atoms with Crippen LogP contribution in [-0.2, 0) is 6.54 Å². The SMILES string of the molecule is CCCCC(C)NCc1ccc(N)c(Br)c1. The van der Waals surface area contributed by atoms with Crippen molar-refractivity contribution in [3.05, 3.63) is 28.2 Å². The van der Waals surface area contributed by atoms with Crippen LogP contribution in [0, 0.1) is 0 Å². The van der Waals surface area contributed by atoms with Crippen LogP contribution < -0.4 is 11.1 Å². The average Bonchev–Trinajstić information content (AvgIpc) is 2.28. The molecule has 0 fully saturated rings. The van der Waals surface area contributed by atoms with Crippen molar-refractivity contribution in [2.75, 3.05) is 5.73 Å². The van der Waals surface area contributed by atoms with E-state index >= 15 is 0 Å². The quantitative estimate of drug-likeness (QED) is 0.782. The van der Waals surface area contributed by atoms with Crippen LogP contribution >= 0.6 is 15.9 Å². The van der Waals surface area contributed by atoms with Crippen LogP contribution in [0.5, 0.6) is 0 Å². The Kier molecular flexibility index (Phi) is 5.85. The number of nitrogen functional groups attached to an aromatic ring is 1. The highest BCUT2D eigenvalue weighted by Crippen LogP contribution is 2.20. The smallest absolute Gasteiger partial charge is 0.0458 e. The number of hydrogen-bond acceptors (Lipinski definition) is 2. The Labute approximate surface area is 107 Å². The molecule has 1 unspecified atom stereocenters. The highest BCUT2D eigenvalue weighted by molar-refractivity contribution is 9.10. The predicted molar refractivity (Wildman–Crippen MR) is 74.4 cm³/mol. The van der Waals surface area contributed by atoms with Gasteiger partial charge in [0.2, 0.25) is 0 Å². The molecule has 16 heavy (non-hydrogen) atoms. The van der Waals surface area contributed by atoms with E-state index in [1.54, 1.807) is 0 Å². The third kappa shape index (κ3) is 4.54. The van der Waals surface area contributed by atoms with E-state index in [4.69, 9.17) is 5.73 Å². The zero-order valence-electron chi connectivity index (χ0n) is 10.1. The van der Waals surface area contributed by atoms with Crippen LogP contribution in [0.25, 0.3) is 0 Å². The number of hydrogen-bond donors (Lipinski definition) is 2. The normalized spacial score (nSPS) is 12.7. The third-order valence-corrected chi connectivity index (χ3v) is 3.40. The first kappa shape index (κ1) is 13.5. The summed E-state index contributed by atoms with van der Waals surface area (Å²) in [4.78, 5) is 0. The number of nitrogens with one attached hydrogen (secondary N) is 1. The number of anilines is 1. The molecule has 0 aliphatic rings. The summed E-state index contributed by atoms with van der Waals surface area (Å²) in [6.07, 6.45) is 3.80. The Morgan fingerprint density at radius 3 is 2.81 bits per heavy atom. The van der Waals surface area contributed by atoms with Crippen LogP contribution in [0.2, 0.25) is 0 Å². The van der Waals surface area contributed by atoms with Crippen LogP contribution in [0.3, 0.4) is 0 Å². The number of unbranched alkanes of at least 4 members (excludes halogenated alkanes) is 1. The molecule has 0 saturated heterocycles. The number of benzene rings is 1. The molecule has 1 rings (SSSR count). The maximum atomic E-state index is 5.74. The van der Waals surface area contributed by atoms with Gasteiger partial charge in [-0.1, -0.05) is 25.8 Å². The molecule has 0 saturated carbocycles. The Hall–Kier alpha value is -0.540. The monoisotopic (exact) mass is 284 g/mol. The number of halogens is 1. The van der Waals surface area contributed by atoms with E-state index < -0.39 is 0 Å². The lowest BCUT2D eigenvalue weighted by Gasteiger charge is -2.13. The first-order chi connectivity index (χ1) is 7.63. The lowest BCUT2D eigenvalue weighted by Crippen LogP contribution is -2.25. The lowest BCUT2D eigenvalue weighted by molar-refractivity contribution is 0.495. The first-order valence-electron chi connectivity index (χ1n) is 5.90. The maximum absolute atomic E-state index is 5.74. The fourth-order valence-electron chi connectivity index (χ4n) is 1.59. The van der Waals surface area contributed by atoms with Gasteiger partial charge in [-0.25, -0.2) is 0 Å². The molecular weight excluding hydrogens is 264 g/mol. The van der Waals surface area contributed by atoms with Gasteiger partial charge in [0.05, 0.1) is 0 Å². The van der Waals surface area contributed by atoms with Gasteiger partial charge in [-0.3, -0.25) is 0 Å². The van der Waals surface area contributed by atoms with Crippen molar-refractivity contribution < 1.29 is 0 Å². The van der Waals surface area contributed by atoms with Gasteiger partial charge in [-0.05, 0) is 47.0 Å². The molecule has 0 aliphatic heterocycles. The number of rotatable bonds is 6. The first-order valence-corrected chi connectivity index (χ1v) is 6.70. The van der Waals surface area contributed by atoms with Gasteiger partial charge < -0.3 is 11.1 Å². The van der Waals surface area contributed by atoms with E-state index in [9.17, 15) is 0 Å². The average molecular weight is 285 g/mol.